The van der Waals surface area contributed by atoms with Gasteiger partial charge in [0.2, 0.25) is 5.91 Å². The van der Waals surface area contributed by atoms with Crippen molar-refractivity contribution in [2.75, 3.05) is 13.1 Å². The number of nitrogens with zero attached hydrogens (tertiary/aromatic N) is 1. The molecule has 3 nitrogen and oxygen atoms in total. The summed E-state index contributed by atoms with van der Waals surface area (Å²) in [5, 5.41) is 10.2. The minimum absolute atomic E-state index is 0.103. The third-order valence-electron chi connectivity index (χ3n) is 10.7. The topological polar surface area (TPSA) is 40.5 Å². The first kappa shape index (κ1) is 21.0. The Labute approximate surface area is 183 Å². The zero-order valence-electron chi connectivity index (χ0n) is 19.4. The highest BCUT2D eigenvalue weighted by atomic mass is 16.3. The normalized spacial score (nSPS) is 45.5. The lowest BCUT2D eigenvalue weighted by Crippen LogP contribution is -2.50. The Balaban J connectivity index is 1.23. The van der Waals surface area contributed by atoms with E-state index in [9.17, 15) is 9.90 Å². The van der Waals surface area contributed by atoms with Gasteiger partial charge in [-0.1, -0.05) is 25.5 Å². The summed E-state index contributed by atoms with van der Waals surface area (Å²) in [6.45, 7) is 7.13. The lowest BCUT2D eigenvalue weighted by Gasteiger charge is -2.58. The van der Waals surface area contributed by atoms with Gasteiger partial charge >= 0.3 is 0 Å². The van der Waals surface area contributed by atoms with Crippen LogP contribution in [0.3, 0.4) is 0 Å². The molecular formula is C27H43NO2. The van der Waals surface area contributed by atoms with Crippen LogP contribution in [-0.4, -0.2) is 35.1 Å². The molecule has 1 saturated heterocycles. The third kappa shape index (κ3) is 3.38. The van der Waals surface area contributed by atoms with Gasteiger partial charge in [-0.2, -0.15) is 0 Å². The number of fused-ring (bicyclic) bond motifs is 5. The molecule has 7 unspecified atom stereocenters. The number of hydrogen-bond donors (Lipinski definition) is 1. The second kappa shape index (κ2) is 7.94. The van der Waals surface area contributed by atoms with Crippen molar-refractivity contribution in [1.82, 2.24) is 4.90 Å². The van der Waals surface area contributed by atoms with Gasteiger partial charge in [-0.15, -0.1) is 0 Å². The quantitative estimate of drug-likeness (QED) is 0.599. The minimum Gasteiger partial charge on any atom is -0.393 e. The first-order valence-electron chi connectivity index (χ1n) is 13.1. The fraction of sp³-hybridized carbons (Fsp3) is 0.889. The molecule has 4 fully saturated rings. The highest BCUT2D eigenvalue weighted by molar-refractivity contribution is 5.76. The maximum Gasteiger partial charge on any atom is 0.222 e. The van der Waals surface area contributed by atoms with Crippen molar-refractivity contribution in [3.8, 4) is 0 Å². The zero-order chi connectivity index (χ0) is 20.9. The SMILES string of the molecule is CC12CCC(O)CC1=CCC1C2CCC2(C)C(CCCC(=O)N3CCCC3)CCC12. The molecule has 4 aliphatic carbocycles. The van der Waals surface area contributed by atoms with Gasteiger partial charge in [0.1, 0.15) is 0 Å². The van der Waals surface area contributed by atoms with E-state index in [1.807, 2.05) is 0 Å². The van der Waals surface area contributed by atoms with Gasteiger partial charge in [0, 0.05) is 19.5 Å². The Bertz CT molecular complexity index is 695. The Morgan fingerprint density at radius 2 is 1.90 bits per heavy atom. The maximum absolute atomic E-state index is 12.5. The fourth-order valence-electron chi connectivity index (χ4n) is 8.85. The van der Waals surface area contributed by atoms with Crippen LogP contribution in [0.4, 0.5) is 0 Å². The molecule has 0 radical (unpaired) electrons. The lowest BCUT2D eigenvalue weighted by molar-refractivity contribution is -0.130. The Morgan fingerprint density at radius 1 is 1.10 bits per heavy atom. The third-order valence-corrected chi connectivity index (χ3v) is 10.7. The number of amides is 1. The highest BCUT2D eigenvalue weighted by Gasteiger charge is 2.58. The monoisotopic (exact) mass is 413 g/mol. The largest absolute Gasteiger partial charge is 0.393 e. The summed E-state index contributed by atoms with van der Waals surface area (Å²) in [6.07, 6.45) is 17.9. The van der Waals surface area contributed by atoms with Crippen LogP contribution in [-0.2, 0) is 4.79 Å². The molecule has 1 amide bonds. The number of carbonyl (C=O) groups excluding carboxylic acids is 1. The number of allylic oxidation sites excluding steroid dienone is 1. The van der Waals surface area contributed by atoms with Crippen LogP contribution >= 0.6 is 0 Å². The number of likely N-dealkylation sites (tertiary alicyclic amines) is 1. The smallest absolute Gasteiger partial charge is 0.222 e. The fourth-order valence-corrected chi connectivity index (χ4v) is 8.85. The zero-order valence-corrected chi connectivity index (χ0v) is 19.4. The molecule has 3 heteroatoms. The molecule has 168 valence electrons. The van der Waals surface area contributed by atoms with E-state index >= 15 is 0 Å². The summed E-state index contributed by atoms with van der Waals surface area (Å²) in [6, 6.07) is 0. The number of carbonyl (C=O) groups is 1. The first-order valence-corrected chi connectivity index (χ1v) is 13.1. The lowest BCUT2D eigenvalue weighted by atomic mass is 9.47. The van der Waals surface area contributed by atoms with Crippen LogP contribution < -0.4 is 0 Å². The summed E-state index contributed by atoms with van der Waals surface area (Å²) in [5.74, 6) is 3.79. The second-order valence-corrected chi connectivity index (χ2v) is 12.0. The van der Waals surface area contributed by atoms with Gasteiger partial charge in [-0.3, -0.25) is 4.79 Å². The molecular weight excluding hydrogens is 370 g/mol. The van der Waals surface area contributed by atoms with Crippen LogP contribution in [0.2, 0.25) is 0 Å². The Morgan fingerprint density at radius 3 is 2.70 bits per heavy atom. The van der Waals surface area contributed by atoms with Gasteiger partial charge in [0.05, 0.1) is 6.10 Å². The van der Waals surface area contributed by atoms with E-state index in [-0.39, 0.29) is 6.10 Å². The molecule has 5 rings (SSSR count). The minimum atomic E-state index is -0.103. The van der Waals surface area contributed by atoms with E-state index in [4.69, 9.17) is 0 Å². The average Bonchev–Trinajstić information content (AvgIpc) is 3.37. The van der Waals surface area contributed by atoms with Gasteiger partial charge < -0.3 is 10.0 Å². The standard InChI is InChI=1S/C27H43NO2/c1-26-15-13-24-22(10-8-20-18-21(29)12-14-27(20,24)2)23(26)11-9-19(26)6-5-7-25(30)28-16-3-4-17-28/h8,19,21-24,29H,3-7,9-18H2,1-2H3. The van der Waals surface area contributed by atoms with Gasteiger partial charge in [-0.05, 0) is 112 Å². The summed E-state index contributed by atoms with van der Waals surface area (Å²) >= 11 is 0. The van der Waals surface area contributed by atoms with Crippen LogP contribution in [0.25, 0.3) is 0 Å². The van der Waals surface area contributed by atoms with Crippen LogP contribution in [0, 0.1) is 34.5 Å². The van der Waals surface area contributed by atoms with E-state index in [2.05, 4.69) is 24.8 Å². The number of aliphatic hydroxyl groups is 1. The number of aliphatic hydroxyl groups excluding tert-OH is 1. The number of rotatable bonds is 4. The predicted octanol–water partition coefficient (Wildman–Crippen LogP) is 5.72. The molecule has 0 aromatic carbocycles. The molecule has 3 saturated carbocycles. The van der Waals surface area contributed by atoms with Gasteiger partial charge in [0.25, 0.3) is 0 Å². The van der Waals surface area contributed by atoms with Crippen LogP contribution in [0.5, 0.6) is 0 Å². The molecule has 0 aromatic heterocycles. The molecule has 0 bridgehead atoms. The van der Waals surface area contributed by atoms with Crippen LogP contribution in [0.1, 0.15) is 97.3 Å². The Kier molecular flexibility index (Phi) is 5.57. The van der Waals surface area contributed by atoms with Gasteiger partial charge in [-0.25, -0.2) is 0 Å². The summed E-state index contributed by atoms with van der Waals surface area (Å²) < 4.78 is 0. The summed E-state index contributed by atoms with van der Waals surface area (Å²) in [7, 11) is 0. The molecule has 1 N–H and O–H groups in total. The second-order valence-electron chi connectivity index (χ2n) is 12.0. The molecule has 1 heterocycles. The molecule has 30 heavy (non-hydrogen) atoms. The van der Waals surface area contributed by atoms with Crippen molar-refractivity contribution in [2.24, 2.45) is 34.5 Å². The molecule has 7 atom stereocenters. The highest BCUT2D eigenvalue weighted by Crippen LogP contribution is 2.66. The van der Waals surface area contributed by atoms with Crippen molar-refractivity contribution in [3.63, 3.8) is 0 Å². The van der Waals surface area contributed by atoms with E-state index in [0.29, 0.717) is 16.7 Å². The van der Waals surface area contributed by atoms with Gasteiger partial charge in [0.15, 0.2) is 0 Å². The summed E-state index contributed by atoms with van der Waals surface area (Å²) in [5.41, 5.74) is 2.43. The molecule has 1 aliphatic heterocycles. The van der Waals surface area contributed by atoms with Crippen LogP contribution in [0.15, 0.2) is 11.6 Å². The first-order chi connectivity index (χ1) is 14.4. The molecule has 5 aliphatic rings. The average molecular weight is 414 g/mol. The van der Waals surface area contributed by atoms with E-state index in [1.54, 1.807) is 5.57 Å². The molecule has 0 aromatic rings. The predicted molar refractivity (Wildman–Crippen MR) is 121 cm³/mol. The Hall–Kier alpha value is -0.830. The maximum atomic E-state index is 12.5. The number of hydrogen-bond acceptors (Lipinski definition) is 2. The van der Waals surface area contributed by atoms with E-state index in [0.717, 1.165) is 62.4 Å². The van der Waals surface area contributed by atoms with Crippen molar-refractivity contribution in [2.45, 2.75) is 103 Å². The van der Waals surface area contributed by atoms with Crippen molar-refractivity contribution >= 4 is 5.91 Å². The van der Waals surface area contributed by atoms with Crippen molar-refractivity contribution < 1.29 is 9.90 Å². The summed E-state index contributed by atoms with van der Waals surface area (Å²) in [4.78, 5) is 14.6. The van der Waals surface area contributed by atoms with Crippen molar-refractivity contribution in [1.29, 1.82) is 0 Å². The van der Waals surface area contributed by atoms with E-state index < -0.39 is 0 Å². The molecule has 0 spiro atoms. The van der Waals surface area contributed by atoms with Crippen molar-refractivity contribution in [3.05, 3.63) is 11.6 Å². The van der Waals surface area contributed by atoms with E-state index in [1.165, 1.54) is 57.8 Å².